The number of fused-ring (bicyclic) bond motifs is 13. The van der Waals surface area contributed by atoms with Gasteiger partial charge in [-0.1, -0.05) is 194 Å². The quantitative estimate of drug-likeness (QED) is 0.156. The molecule has 0 aliphatic carbocycles. The maximum absolute atomic E-state index is 2.50. The third kappa shape index (κ3) is 5.09. The largest absolute Gasteiger partial charge is 0.308 e. The molecule has 310 valence electrons. The van der Waals surface area contributed by atoms with E-state index >= 15 is 0 Å². The third-order valence-corrected chi connectivity index (χ3v) is 15.6. The van der Waals surface area contributed by atoms with Gasteiger partial charge in [-0.2, -0.15) is 0 Å². The van der Waals surface area contributed by atoms with E-state index in [0.29, 0.717) is 0 Å². The summed E-state index contributed by atoms with van der Waals surface area (Å²) in [7, 11) is 0. The second kappa shape index (κ2) is 14.0. The van der Waals surface area contributed by atoms with Gasteiger partial charge in [-0.3, -0.25) is 0 Å². The third-order valence-electron chi connectivity index (χ3n) is 14.5. The van der Waals surface area contributed by atoms with Crippen molar-refractivity contribution in [1.29, 1.82) is 0 Å². The Morgan fingerprint density at radius 3 is 1.03 bits per heavy atom. The lowest BCUT2D eigenvalue weighted by Gasteiger charge is -2.20. The van der Waals surface area contributed by atoms with Crippen molar-refractivity contribution >= 4 is 118 Å². The van der Waals surface area contributed by atoms with Gasteiger partial charge in [0.25, 0.3) is 0 Å². The SMILES string of the molecule is c1cc(-c2c3ccccc3c(-n3c4ccccc4c4ccccc43)c3ccccc23)c2c(c1)sc1cc(-c3c4ccccc4c(-n4c5ccccc5c5ccccc54)c4ccccc34)ccc12. The lowest BCUT2D eigenvalue weighted by molar-refractivity contribution is 1.21. The molecule has 3 heteroatoms. The minimum Gasteiger partial charge on any atom is -0.308 e. The Morgan fingerprint density at radius 1 is 0.254 bits per heavy atom. The lowest BCUT2D eigenvalue weighted by atomic mass is 9.88. The summed E-state index contributed by atoms with van der Waals surface area (Å²) < 4.78 is 7.58. The van der Waals surface area contributed by atoms with Gasteiger partial charge in [-0.05, 0) is 80.2 Å². The predicted octanol–water partition coefficient (Wildman–Crippen LogP) is 18.2. The normalized spacial score (nSPS) is 12.2. The van der Waals surface area contributed by atoms with Crippen LogP contribution in [0.25, 0.3) is 141 Å². The van der Waals surface area contributed by atoms with Crippen LogP contribution in [0, 0.1) is 0 Å². The molecule has 0 aliphatic rings. The molecule has 0 aliphatic heterocycles. The van der Waals surface area contributed by atoms with Crippen LogP contribution in [0.3, 0.4) is 0 Å². The second-order valence-electron chi connectivity index (χ2n) is 17.9. The van der Waals surface area contributed by atoms with Gasteiger partial charge in [0.15, 0.2) is 0 Å². The molecular formula is C64H38N2S. The summed E-state index contributed by atoms with van der Waals surface area (Å²) in [6.45, 7) is 0. The van der Waals surface area contributed by atoms with Crippen molar-refractivity contribution in [3.8, 4) is 33.6 Å². The highest BCUT2D eigenvalue weighted by atomic mass is 32.1. The molecule has 12 aromatic carbocycles. The standard InChI is InChI=1S/C64H38N2S/c1-5-26-48-44(22-1)60(45-23-2-6-27-49(45)63(48)65-54-31-13-9-18-40(54)41-19-10-14-32-55(41)65)39-36-37-52-59(38-39)67-58-35-17-30-53(62(52)58)61-46-24-3-7-28-50(46)64(51-29-8-4-25-47(51)61)66-56-33-15-11-20-42(56)43-21-12-16-34-57(43)66/h1-38H. The predicted molar refractivity (Wildman–Crippen MR) is 289 cm³/mol. The summed E-state index contributed by atoms with van der Waals surface area (Å²) in [5.41, 5.74) is 12.4. The molecule has 0 N–H and O–H groups in total. The molecular weight excluding hydrogens is 829 g/mol. The average molecular weight is 867 g/mol. The van der Waals surface area contributed by atoms with Crippen molar-refractivity contribution in [3.05, 3.63) is 231 Å². The highest BCUT2D eigenvalue weighted by Gasteiger charge is 2.24. The van der Waals surface area contributed by atoms with E-state index in [9.17, 15) is 0 Å². The molecule has 0 fully saturated rings. The topological polar surface area (TPSA) is 9.86 Å². The van der Waals surface area contributed by atoms with Gasteiger partial charge in [0.05, 0.1) is 33.4 Å². The van der Waals surface area contributed by atoms with Crippen LogP contribution >= 0.6 is 11.3 Å². The summed E-state index contributed by atoms with van der Waals surface area (Å²) >= 11 is 1.90. The van der Waals surface area contributed by atoms with Crippen LogP contribution in [0.2, 0.25) is 0 Å². The Bertz CT molecular complexity index is 4360. The lowest BCUT2D eigenvalue weighted by Crippen LogP contribution is -1.99. The molecule has 15 rings (SSSR count). The molecule has 0 saturated carbocycles. The fourth-order valence-corrected chi connectivity index (χ4v) is 13.0. The number of aromatic nitrogens is 2. The zero-order valence-electron chi connectivity index (χ0n) is 36.2. The van der Waals surface area contributed by atoms with Crippen LogP contribution in [0.4, 0.5) is 0 Å². The van der Waals surface area contributed by atoms with Gasteiger partial charge in [-0.15, -0.1) is 11.3 Å². The maximum atomic E-state index is 2.50. The number of benzene rings is 12. The monoisotopic (exact) mass is 866 g/mol. The average Bonchev–Trinajstić information content (AvgIpc) is 4.05. The van der Waals surface area contributed by atoms with Gasteiger partial charge in [0.1, 0.15) is 0 Å². The van der Waals surface area contributed by atoms with Crippen LogP contribution in [-0.4, -0.2) is 9.13 Å². The van der Waals surface area contributed by atoms with E-state index in [1.165, 1.54) is 141 Å². The first-order valence-electron chi connectivity index (χ1n) is 23.1. The van der Waals surface area contributed by atoms with Crippen LogP contribution in [0.15, 0.2) is 231 Å². The number of hydrogen-bond donors (Lipinski definition) is 0. The highest BCUT2D eigenvalue weighted by molar-refractivity contribution is 7.26. The Kier molecular flexibility index (Phi) is 7.69. The smallest absolute Gasteiger partial charge is 0.0619 e. The molecule has 67 heavy (non-hydrogen) atoms. The van der Waals surface area contributed by atoms with Gasteiger partial charge < -0.3 is 9.13 Å². The molecule has 3 aromatic heterocycles. The van der Waals surface area contributed by atoms with Crippen molar-refractivity contribution in [2.45, 2.75) is 0 Å². The molecule has 0 bridgehead atoms. The van der Waals surface area contributed by atoms with E-state index in [0.717, 1.165) is 0 Å². The fraction of sp³-hybridized carbons (Fsp3) is 0. The van der Waals surface area contributed by atoms with Gasteiger partial charge in [0, 0.05) is 63.3 Å². The molecule has 15 aromatic rings. The summed E-state index contributed by atoms with van der Waals surface area (Å²) in [5, 5.41) is 17.6. The molecule has 0 spiro atoms. The maximum Gasteiger partial charge on any atom is 0.0619 e. The van der Waals surface area contributed by atoms with Crippen LogP contribution in [0.1, 0.15) is 0 Å². The number of rotatable bonds is 4. The van der Waals surface area contributed by atoms with Crippen LogP contribution in [0.5, 0.6) is 0 Å². The molecule has 3 heterocycles. The van der Waals surface area contributed by atoms with Gasteiger partial charge in [-0.25, -0.2) is 0 Å². The number of para-hydroxylation sites is 4. The van der Waals surface area contributed by atoms with Gasteiger partial charge >= 0.3 is 0 Å². The molecule has 0 atom stereocenters. The Hall–Kier alpha value is -8.50. The molecule has 0 radical (unpaired) electrons. The zero-order chi connectivity index (χ0) is 43.7. The van der Waals surface area contributed by atoms with E-state index in [-0.39, 0.29) is 0 Å². The first-order chi connectivity index (χ1) is 33.3. The van der Waals surface area contributed by atoms with Gasteiger partial charge in [0.2, 0.25) is 0 Å². The number of hydrogen-bond acceptors (Lipinski definition) is 1. The van der Waals surface area contributed by atoms with E-state index in [1.54, 1.807) is 0 Å². The minimum absolute atomic E-state index is 1.22. The molecule has 0 unspecified atom stereocenters. The van der Waals surface area contributed by atoms with Crippen molar-refractivity contribution in [2.75, 3.05) is 0 Å². The first kappa shape index (κ1) is 36.8. The summed E-state index contributed by atoms with van der Waals surface area (Å²) in [6.07, 6.45) is 0. The minimum atomic E-state index is 1.22. The summed E-state index contributed by atoms with van der Waals surface area (Å²) in [6, 6.07) is 85.7. The number of thiophene rings is 1. The Morgan fingerprint density at radius 2 is 0.612 bits per heavy atom. The fourth-order valence-electron chi connectivity index (χ4n) is 11.8. The van der Waals surface area contributed by atoms with Crippen molar-refractivity contribution in [1.82, 2.24) is 9.13 Å². The summed E-state index contributed by atoms with van der Waals surface area (Å²) in [4.78, 5) is 0. The summed E-state index contributed by atoms with van der Waals surface area (Å²) in [5.74, 6) is 0. The second-order valence-corrected chi connectivity index (χ2v) is 18.9. The molecule has 0 amide bonds. The van der Waals surface area contributed by atoms with Crippen molar-refractivity contribution in [3.63, 3.8) is 0 Å². The molecule has 2 nitrogen and oxygen atoms in total. The highest BCUT2D eigenvalue weighted by Crippen LogP contribution is 2.50. The molecule has 0 saturated heterocycles. The Labute approximate surface area is 389 Å². The van der Waals surface area contributed by atoms with E-state index in [2.05, 4.69) is 240 Å². The van der Waals surface area contributed by atoms with E-state index in [1.807, 2.05) is 11.3 Å². The van der Waals surface area contributed by atoms with E-state index in [4.69, 9.17) is 0 Å². The van der Waals surface area contributed by atoms with Crippen molar-refractivity contribution < 1.29 is 0 Å². The zero-order valence-corrected chi connectivity index (χ0v) is 37.1. The Balaban J connectivity index is 0.978. The first-order valence-corrected chi connectivity index (χ1v) is 23.9. The van der Waals surface area contributed by atoms with E-state index < -0.39 is 0 Å². The van der Waals surface area contributed by atoms with Crippen LogP contribution in [-0.2, 0) is 0 Å². The number of nitrogens with zero attached hydrogens (tertiary/aromatic N) is 2. The van der Waals surface area contributed by atoms with Crippen molar-refractivity contribution in [2.24, 2.45) is 0 Å². The van der Waals surface area contributed by atoms with Crippen LogP contribution < -0.4 is 0 Å².